The lowest BCUT2D eigenvalue weighted by Gasteiger charge is -2.11. The van der Waals surface area contributed by atoms with Crippen LogP contribution in [-0.4, -0.2) is 23.5 Å². The van der Waals surface area contributed by atoms with Gasteiger partial charge in [-0.25, -0.2) is 0 Å². The maximum absolute atomic E-state index is 11.7. The predicted molar refractivity (Wildman–Crippen MR) is 95.9 cm³/mol. The third-order valence-corrected chi connectivity index (χ3v) is 3.93. The second-order valence-corrected chi connectivity index (χ2v) is 6.54. The molecule has 0 unspecified atom stereocenters. The number of carbonyl (C=O) groups is 2. The van der Waals surface area contributed by atoms with Gasteiger partial charge in [0.25, 0.3) is 0 Å². The Bertz CT molecular complexity index is 638. The Morgan fingerprint density at radius 2 is 2.00 bits per heavy atom. The molecular formula is C15H17Cl2N3O3S. The van der Waals surface area contributed by atoms with Gasteiger partial charge in [0.15, 0.2) is 5.11 Å². The lowest BCUT2D eigenvalue weighted by atomic mass is 10.3. The Morgan fingerprint density at radius 3 is 2.67 bits per heavy atom. The van der Waals surface area contributed by atoms with Crippen LogP contribution in [0.1, 0.15) is 25.7 Å². The molecule has 2 rings (SSSR count). The van der Waals surface area contributed by atoms with Gasteiger partial charge in [0.05, 0.1) is 11.6 Å². The molecule has 2 amide bonds. The molecule has 0 aromatic heterocycles. The molecule has 1 aliphatic carbocycles. The summed E-state index contributed by atoms with van der Waals surface area (Å²) >= 11 is 16.7. The van der Waals surface area contributed by atoms with Crippen LogP contribution in [0.5, 0.6) is 5.75 Å². The van der Waals surface area contributed by atoms with Crippen LogP contribution in [0.4, 0.5) is 0 Å². The first-order valence-corrected chi connectivity index (χ1v) is 8.59. The molecule has 3 N–H and O–H groups in total. The highest BCUT2D eigenvalue weighted by Crippen LogP contribution is 2.28. The lowest BCUT2D eigenvalue weighted by Crippen LogP contribution is -2.48. The SMILES string of the molecule is O=C(CCCOc1ccc(Cl)cc1Cl)NNC(=S)NC(=O)C1CC1. The molecule has 0 radical (unpaired) electrons. The van der Waals surface area contributed by atoms with Gasteiger partial charge in [-0.2, -0.15) is 0 Å². The highest BCUT2D eigenvalue weighted by Gasteiger charge is 2.30. The van der Waals surface area contributed by atoms with Crippen LogP contribution in [-0.2, 0) is 9.59 Å². The van der Waals surface area contributed by atoms with Crippen molar-refractivity contribution in [2.75, 3.05) is 6.61 Å². The van der Waals surface area contributed by atoms with Gasteiger partial charge >= 0.3 is 0 Å². The lowest BCUT2D eigenvalue weighted by molar-refractivity contribution is -0.122. The van der Waals surface area contributed by atoms with E-state index in [9.17, 15) is 9.59 Å². The first-order valence-electron chi connectivity index (χ1n) is 7.43. The van der Waals surface area contributed by atoms with Gasteiger partial charge in [0.1, 0.15) is 5.75 Å². The number of hydrogen-bond acceptors (Lipinski definition) is 4. The molecule has 9 heteroatoms. The number of amides is 2. The minimum atomic E-state index is -0.260. The summed E-state index contributed by atoms with van der Waals surface area (Å²) in [6, 6.07) is 4.94. The fourth-order valence-corrected chi connectivity index (χ4v) is 2.40. The van der Waals surface area contributed by atoms with Gasteiger partial charge < -0.3 is 10.1 Å². The molecule has 0 heterocycles. The Morgan fingerprint density at radius 1 is 1.25 bits per heavy atom. The van der Waals surface area contributed by atoms with E-state index in [1.165, 1.54) is 0 Å². The molecule has 1 aromatic carbocycles. The van der Waals surface area contributed by atoms with Crippen molar-refractivity contribution in [2.24, 2.45) is 5.92 Å². The minimum Gasteiger partial charge on any atom is -0.492 e. The molecule has 1 aromatic rings. The summed E-state index contributed by atoms with van der Waals surface area (Å²) in [5, 5.41) is 3.55. The van der Waals surface area contributed by atoms with Gasteiger partial charge in [-0.3, -0.25) is 20.4 Å². The molecule has 0 atom stereocenters. The Balaban J connectivity index is 1.57. The van der Waals surface area contributed by atoms with Gasteiger partial charge in [-0.15, -0.1) is 0 Å². The van der Waals surface area contributed by atoms with Crippen molar-refractivity contribution in [3.63, 3.8) is 0 Å². The molecule has 24 heavy (non-hydrogen) atoms. The van der Waals surface area contributed by atoms with Crippen molar-refractivity contribution >= 4 is 52.3 Å². The fraction of sp³-hybridized carbons (Fsp3) is 0.400. The van der Waals surface area contributed by atoms with Gasteiger partial charge in [0, 0.05) is 17.4 Å². The summed E-state index contributed by atoms with van der Waals surface area (Å²) < 4.78 is 5.48. The number of hydrazine groups is 1. The average Bonchev–Trinajstić information content (AvgIpc) is 3.36. The summed E-state index contributed by atoms with van der Waals surface area (Å²) in [4.78, 5) is 23.1. The quantitative estimate of drug-likeness (QED) is 0.395. The van der Waals surface area contributed by atoms with Crippen LogP contribution >= 0.6 is 35.4 Å². The zero-order valence-corrected chi connectivity index (χ0v) is 15.1. The zero-order valence-electron chi connectivity index (χ0n) is 12.7. The molecule has 1 fully saturated rings. The second-order valence-electron chi connectivity index (χ2n) is 5.29. The summed E-state index contributed by atoms with van der Waals surface area (Å²) in [5.41, 5.74) is 4.91. The van der Waals surface area contributed by atoms with E-state index in [1.54, 1.807) is 18.2 Å². The van der Waals surface area contributed by atoms with Gasteiger partial charge in [-0.1, -0.05) is 23.2 Å². The normalized spacial score (nSPS) is 13.1. The Hall–Kier alpha value is -1.57. The molecule has 1 saturated carbocycles. The van der Waals surface area contributed by atoms with Crippen molar-refractivity contribution in [2.45, 2.75) is 25.7 Å². The van der Waals surface area contributed by atoms with Crippen LogP contribution < -0.4 is 20.9 Å². The summed E-state index contributed by atoms with van der Waals surface area (Å²) in [6.45, 7) is 0.331. The zero-order chi connectivity index (χ0) is 17.5. The molecule has 1 aliphatic rings. The standard InChI is InChI=1S/C15H17Cl2N3O3S/c16-10-5-6-12(11(17)8-10)23-7-1-2-13(21)19-20-15(24)18-14(22)9-3-4-9/h5-6,8-9H,1-4,7H2,(H,19,21)(H2,18,20,22,24). The van der Waals surface area contributed by atoms with Crippen LogP contribution in [0.2, 0.25) is 10.0 Å². The maximum atomic E-state index is 11.7. The number of thiocarbonyl (C=S) groups is 1. The van der Waals surface area contributed by atoms with E-state index in [0.717, 1.165) is 12.8 Å². The minimum absolute atomic E-state index is 0.0530. The monoisotopic (exact) mass is 389 g/mol. The third kappa shape index (κ3) is 6.51. The molecule has 0 saturated heterocycles. The van der Waals surface area contributed by atoms with Crippen LogP contribution in [0.25, 0.3) is 0 Å². The fourth-order valence-electron chi connectivity index (χ4n) is 1.79. The van der Waals surface area contributed by atoms with E-state index in [0.29, 0.717) is 28.8 Å². The molecule has 0 spiro atoms. The Labute approximate surface area is 155 Å². The molecule has 0 bridgehead atoms. The Kier molecular flexibility index (Phi) is 7.08. The average molecular weight is 390 g/mol. The topological polar surface area (TPSA) is 79.5 Å². The van der Waals surface area contributed by atoms with Crippen molar-refractivity contribution in [3.05, 3.63) is 28.2 Å². The number of hydrogen-bond donors (Lipinski definition) is 3. The number of nitrogens with one attached hydrogen (secondary N) is 3. The largest absolute Gasteiger partial charge is 0.492 e. The van der Waals surface area contributed by atoms with E-state index in [4.69, 9.17) is 40.2 Å². The number of halogens is 2. The van der Waals surface area contributed by atoms with Crippen LogP contribution in [0.3, 0.4) is 0 Å². The molecule has 130 valence electrons. The smallest absolute Gasteiger partial charge is 0.238 e. The summed E-state index contributed by atoms with van der Waals surface area (Å²) in [6.07, 6.45) is 2.50. The van der Waals surface area contributed by atoms with E-state index in [-0.39, 0.29) is 29.3 Å². The van der Waals surface area contributed by atoms with E-state index < -0.39 is 0 Å². The van der Waals surface area contributed by atoms with Crippen molar-refractivity contribution in [1.29, 1.82) is 0 Å². The highest BCUT2D eigenvalue weighted by molar-refractivity contribution is 7.80. The summed E-state index contributed by atoms with van der Waals surface area (Å²) in [7, 11) is 0. The van der Waals surface area contributed by atoms with Crippen molar-refractivity contribution < 1.29 is 14.3 Å². The van der Waals surface area contributed by atoms with E-state index in [2.05, 4.69) is 16.2 Å². The van der Waals surface area contributed by atoms with Gasteiger partial charge in [-0.05, 0) is 49.7 Å². The molecule has 0 aliphatic heterocycles. The molecular weight excluding hydrogens is 373 g/mol. The van der Waals surface area contributed by atoms with Crippen molar-refractivity contribution in [3.8, 4) is 5.75 Å². The first kappa shape index (κ1) is 18.8. The maximum Gasteiger partial charge on any atom is 0.238 e. The van der Waals surface area contributed by atoms with Crippen LogP contribution in [0, 0.1) is 5.92 Å². The third-order valence-electron chi connectivity index (χ3n) is 3.20. The van der Waals surface area contributed by atoms with Crippen LogP contribution in [0.15, 0.2) is 18.2 Å². The highest BCUT2D eigenvalue weighted by atomic mass is 35.5. The predicted octanol–water partition coefficient (Wildman–Crippen LogP) is 2.58. The van der Waals surface area contributed by atoms with Crippen molar-refractivity contribution in [1.82, 2.24) is 16.2 Å². The number of carbonyl (C=O) groups excluding carboxylic acids is 2. The first-order chi connectivity index (χ1) is 11.5. The van der Waals surface area contributed by atoms with E-state index in [1.807, 2.05) is 0 Å². The number of ether oxygens (including phenoxy) is 1. The van der Waals surface area contributed by atoms with E-state index >= 15 is 0 Å². The number of benzene rings is 1. The van der Waals surface area contributed by atoms with Gasteiger partial charge in [0.2, 0.25) is 11.8 Å². The number of rotatable bonds is 6. The molecule has 6 nitrogen and oxygen atoms in total. The summed E-state index contributed by atoms with van der Waals surface area (Å²) in [5.74, 6) is 0.194. The second kappa shape index (κ2) is 9.05.